The maximum atomic E-state index is 13.3. The van der Waals surface area contributed by atoms with E-state index in [0.717, 1.165) is 12.8 Å². The molecule has 4 N–H and O–H groups in total. The highest BCUT2D eigenvalue weighted by Crippen LogP contribution is 2.29. The van der Waals surface area contributed by atoms with Crippen molar-refractivity contribution in [2.24, 2.45) is 5.73 Å². The Hall–Kier alpha value is -1.30. The Balaban J connectivity index is 3.03. The number of carbonyl (C=O) groups is 1. The van der Waals surface area contributed by atoms with Gasteiger partial charge in [0.1, 0.15) is 5.82 Å². The van der Waals surface area contributed by atoms with Crippen molar-refractivity contribution in [3.63, 3.8) is 0 Å². The van der Waals surface area contributed by atoms with Crippen LogP contribution < -0.4 is 16.4 Å². The molecule has 1 aromatic carbocycles. The molecule has 0 saturated heterocycles. The Morgan fingerprint density at radius 3 is 2.72 bits per heavy atom. The zero-order valence-electron chi connectivity index (χ0n) is 10.2. The normalized spacial score (nSPS) is 10.4. The monoisotopic (exact) mass is 317 g/mol. The fraction of sp³-hybridized carbons (Fsp3) is 0.417. The Bertz CT molecular complexity index is 440. The molecule has 0 atom stereocenters. The molecule has 0 bridgehead atoms. The van der Waals surface area contributed by atoms with Crippen molar-refractivity contribution in [2.45, 2.75) is 19.8 Å². The first kappa shape index (κ1) is 14.8. The number of primary amides is 1. The van der Waals surface area contributed by atoms with Crippen LogP contribution in [0.5, 0.6) is 0 Å². The van der Waals surface area contributed by atoms with Gasteiger partial charge >= 0.3 is 0 Å². The minimum absolute atomic E-state index is 0.0717. The SMILES string of the molecule is CCCCN(CC(N)=O)c1cc(Br)c(F)cc1N. The molecular weight excluding hydrogens is 301 g/mol. The van der Waals surface area contributed by atoms with E-state index in [-0.39, 0.29) is 6.54 Å². The van der Waals surface area contributed by atoms with Crippen molar-refractivity contribution in [3.05, 3.63) is 22.4 Å². The second-order valence-corrected chi connectivity index (χ2v) is 4.92. The predicted molar refractivity (Wildman–Crippen MR) is 74.8 cm³/mol. The maximum absolute atomic E-state index is 13.3. The van der Waals surface area contributed by atoms with Gasteiger partial charge in [-0.3, -0.25) is 4.79 Å². The topological polar surface area (TPSA) is 72.3 Å². The first-order chi connectivity index (χ1) is 8.45. The van der Waals surface area contributed by atoms with Crippen LogP contribution >= 0.6 is 15.9 Å². The lowest BCUT2D eigenvalue weighted by Gasteiger charge is -2.25. The van der Waals surface area contributed by atoms with E-state index in [1.54, 1.807) is 11.0 Å². The van der Waals surface area contributed by atoms with Gasteiger partial charge in [0.05, 0.1) is 22.4 Å². The quantitative estimate of drug-likeness (QED) is 0.790. The number of nitrogen functional groups attached to an aromatic ring is 1. The summed E-state index contributed by atoms with van der Waals surface area (Å²) >= 11 is 3.11. The zero-order chi connectivity index (χ0) is 13.7. The predicted octanol–water partition coefficient (Wildman–Crippen LogP) is 2.26. The van der Waals surface area contributed by atoms with Gasteiger partial charge in [0.15, 0.2) is 0 Å². The zero-order valence-corrected chi connectivity index (χ0v) is 11.8. The summed E-state index contributed by atoms with van der Waals surface area (Å²) in [7, 11) is 0. The summed E-state index contributed by atoms with van der Waals surface area (Å²) in [6.45, 7) is 2.77. The summed E-state index contributed by atoms with van der Waals surface area (Å²) in [4.78, 5) is 12.8. The summed E-state index contributed by atoms with van der Waals surface area (Å²) in [6.07, 6.45) is 1.89. The van der Waals surface area contributed by atoms with Crippen molar-refractivity contribution in [1.82, 2.24) is 0 Å². The first-order valence-electron chi connectivity index (χ1n) is 5.73. The number of unbranched alkanes of at least 4 members (excludes halogenated alkanes) is 1. The second-order valence-electron chi connectivity index (χ2n) is 4.07. The third-order valence-electron chi connectivity index (χ3n) is 2.54. The molecule has 100 valence electrons. The highest BCUT2D eigenvalue weighted by atomic mass is 79.9. The van der Waals surface area contributed by atoms with Crippen molar-refractivity contribution in [3.8, 4) is 0 Å². The molecule has 0 aliphatic heterocycles. The molecule has 0 radical (unpaired) electrons. The molecular formula is C12H17BrFN3O. The number of hydrogen-bond donors (Lipinski definition) is 2. The number of nitrogens with two attached hydrogens (primary N) is 2. The highest BCUT2D eigenvalue weighted by Gasteiger charge is 2.14. The van der Waals surface area contributed by atoms with Gasteiger partial charge in [-0.25, -0.2) is 4.39 Å². The van der Waals surface area contributed by atoms with E-state index in [1.165, 1.54) is 6.07 Å². The summed E-state index contributed by atoms with van der Waals surface area (Å²) in [5.41, 5.74) is 11.9. The fourth-order valence-corrected chi connectivity index (χ4v) is 1.98. The lowest BCUT2D eigenvalue weighted by Crippen LogP contribution is -2.35. The van der Waals surface area contributed by atoms with Crippen LogP contribution in [0.1, 0.15) is 19.8 Å². The van der Waals surface area contributed by atoms with E-state index in [1.807, 2.05) is 6.92 Å². The van der Waals surface area contributed by atoms with E-state index in [2.05, 4.69) is 15.9 Å². The number of benzene rings is 1. The van der Waals surface area contributed by atoms with Crippen LogP contribution in [-0.4, -0.2) is 19.0 Å². The smallest absolute Gasteiger partial charge is 0.236 e. The fourth-order valence-electron chi connectivity index (χ4n) is 1.65. The van der Waals surface area contributed by atoms with Gasteiger partial charge in [-0.2, -0.15) is 0 Å². The van der Waals surface area contributed by atoms with Crippen LogP contribution in [-0.2, 0) is 4.79 Å². The minimum Gasteiger partial charge on any atom is -0.397 e. The van der Waals surface area contributed by atoms with Crippen molar-refractivity contribution >= 4 is 33.2 Å². The van der Waals surface area contributed by atoms with Gasteiger partial charge in [0.2, 0.25) is 5.91 Å². The number of anilines is 2. The van der Waals surface area contributed by atoms with Crippen molar-refractivity contribution < 1.29 is 9.18 Å². The molecule has 0 spiro atoms. The van der Waals surface area contributed by atoms with Gasteiger partial charge in [0.25, 0.3) is 0 Å². The Labute approximate surface area is 114 Å². The van der Waals surface area contributed by atoms with Crippen LogP contribution in [0.3, 0.4) is 0 Å². The van der Waals surface area contributed by atoms with Crippen molar-refractivity contribution in [1.29, 1.82) is 0 Å². The minimum atomic E-state index is -0.439. The van der Waals surface area contributed by atoms with Crippen LogP contribution in [0.2, 0.25) is 0 Å². The number of hydrogen-bond acceptors (Lipinski definition) is 3. The molecule has 4 nitrogen and oxygen atoms in total. The molecule has 0 saturated carbocycles. The van der Waals surface area contributed by atoms with Crippen LogP contribution in [0, 0.1) is 5.82 Å². The molecule has 0 aliphatic carbocycles. The van der Waals surface area contributed by atoms with Gasteiger partial charge in [-0.05, 0) is 28.4 Å². The third-order valence-corrected chi connectivity index (χ3v) is 3.15. The van der Waals surface area contributed by atoms with E-state index in [9.17, 15) is 9.18 Å². The van der Waals surface area contributed by atoms with Gasteiger partial charge in [0, 0.05) is 12.6 Å². The lowest BCUT2D eigenvalue weighted by molar-refractivity contribution is -0.116. The van der Waals surface area contributed by atoms with Crippen LogP contribution in [0.25, 0.3) is 0 Å². The molecule has 1 aromatic rings. The van der Waals surface area contributed by atoms with E-state index in [0.29, 0.717) is 22.4 Å². The highest BCUT2D eigenvalue weighted by molar-refractivity contribution is 9.10. The lowest BCUT2D eigenvalue weighted by atomic mass is 10.2. The molecule has 1 amide bonds. The molecule has 0 fully saturated rings. The molecule has 0 unspecified atom stereocenters. The summed E-state index contributed by atoms with van der Waals surface area (Å²) in [6, 6.07) is 2.81. The number of carbonyl (C=O) groups excluding carboxylic acids is 1. The maximum Gasteiger partial charge on any atom is 0.236 e. The van der Waals surface area contributed by atoms with Gasteiger partial charge in [-0.1, -0.05) is 13.3 Å². The summed E-state index contributed by atoms with van der Waals surface area (Å²) in [5, 5.41) is 0. The number of halogens is 2. The van der Waals surface area contributed by atoms with Gasteiger partial charge in [-0.15, -0.1) is 0 Å². The summed E-state index contributed by atoms with van der Waals surface area (Å²) in [5.74, 6) is -0.864. The van der Waals surface area contributed by atoms with Crippen molar-refractivity contribution in [2.75, 3.05) is 23.7 Å². The standard InChI is InChI=1S/C12H17BrFN3O/c1-2-3-4-17(7-12(16)18)11-5-8(13)9(14)6-10(11)15/h5-6H,2-4,7,15H2,1H3,(H2,16,18). The molecule has 18 heavy (non-hydrogen) atoms. The summed E-state index contributed by atoms with van der Waals surface area (Å²) < 4.78 is 13.6. The van der Waals surface area contributed by atoms with Crippen LogP contribution in [0.15, 0.2) is 16.6 Å². The van der Waals surface area contributed by atoms with E-state index >= 15 is 0 Å². The number of amides is 1. The average Bonchev–Trinajstić information content (AvgIpc) is 2.29. The molecule has 0 heterocycles. The second kappa shape index (κ2) is 6.58. The van der Waals surface area contributed by atoms with Gasteiger partial charge < -0.3 is 16.4 Å². The average molecular weight is 318 g/mol. The largest absolute Gasteiger partial charge is 0.397 e. The number of rotatable bonds is 6. The van der Waals surface area contributed by atoms with E-state index in [4.69, 9.17) is 11.5 Å². The molecule has 0 aromatic heterocycles. The first-order valence-corrected chi connectivity index (χ1v) is 6.52. The van der Waals surface area contributed by atoms with Crippen LogP contribution in [0.4, 0.5) is 15.8 Å². The third kappa shape index (κ3) is 3.87. The molecule has 6 heteroatoms. The Morgan fingerprint density at radius 2 is 2.17 bits per heavy atom. The Morgan fingerprint density at radius 1 is 1.50 bits per heavy atom. The van der Waals surface area contributed by atoms with E-state index < -0.39 is 11.7 Å². The molecule has 0 aliphatic rings. The number of nitrogens with zero attached hydrogens (tertiary/aromatic N) is 1. The molecule has 1 rings (SSSR count). The Kier molecular flexibility index (Phi) is 5.40.